The number of hydrogen-bond donors (Lipinski definition) is 2. The maximum absolute atomic E-state index is 11.6. The highest BCUT2D eigenvalue weighted by Crippen LogP contribution is 2.10. The summed E-state index contributed by atoms with van der Waals surface area (Å²) in [5, 5.41) is 2.72. The maximum Gasteiger partial charge on any atom is 0.250 e. The van der Waals surface area contributed by atoms with Crippen LogP contribution in [0.1, 0.15) is 12.0 Å². The molecular formula is C13H18N2O3S. The van der Waals surface area contributed by atoms with Crippen LogP contribution in [0.5, 0.6) is 0 Å². The van der Waals surface area contributed by atoms with E-state index in [0.29, 0.717) is 29.5 Å². The van der Waals surface area contributed by atoms with Gasteiger partial charge in [0.05, 0.1) is 0 Å². The topological polar surface area (TPSA) is 73.6 Å². The predicted molar refractivity (Wildman–Crippen MR) is 78.3 cm³/mol. The summed E-state index contributed by atoms with van der Waals surface area (Å²) in [6.07, 6.45) is 0.765. The van der Waals surface area contributed by atoms with E-state index < -0.39 is 0 Å². The quantitative estimate of drug-likeness (QED) is 0.555. The minimum Gasteiger partial charge on any atom is -0.389 e. The van der Waals surface area contributed by atoms with Gasteiger partial charge in [0, 0.05) is 31.6 Å². The van der Waals surface area contributed by atoms with Crippen molar-refractivity contribution >= 4 is 28.8 Å². The highest BCUT2D eigenvalue weighted by atomic mass is 32.1. The van der Waals surface area contributed by atoms with E-state index in [-0.39, 0.29) is 12.5 Å². The Bertz CT molecular complexity index is 438. The van der Waals surface area contributed by atoms with Gasteiger partial charge in [-0.2, -0.15) is 0 Å². The molecule has 1 amide bonds. The third-order valence-corrected chi connectivity index (χ3v) is 2.54. The number of anilines is 1. The summed E-state index contributed by atoms with van der Waals surface area (Å²) in [5.41, 5.74) is 6.89. The van der Waals surface area contributed by atoms with E-state index >= 15 is 0 Å². The molecule has 0 fully saturated rings. The first kappa shape index (κ1) is 15.6. The van der Waals surface area contributed by atoms with E-state index in [4.69, 9.17) is 27.4 Å². The highest BCUT2D eigenvalue weighted by molar-refractivity contribution is 7.80. The number of hydrogen-bond acceptors (Lipinski definition) is 4. The van der Waals surface area contributed by atoms with Crippen LogP contribution in [0.2, 0.25) is 0 Å². The maximum atomic E-state index is 11.6. The fraction of sp³-hybridized carbons (Fsp3) is 0.385. The molecule has 0 aliphatic rings. The summed E-state index contributed by atoms with van der Waals surface area (Å²) in [7, 11) is 1.63. The monoisotopic (exact) mass is 282 g/mol. The van der Waals surface area contributed by atoms with Crippen molar-refractivity contribution in [2.75, 3.05) is 32.2 Å². The standard InChI is InChI=1S/C13H18N2O3S/c1-17-6-3-7-18-9-12(16)15-11-5-2-4-10(8-11)13(14)19/h2,4-5,8H,3,6-7,9H2,1H3,(H2,14,19)(H,15,16). The average Bonchev–Trinajstić information content (AvgIpc) is 2.38. The zero-order valence-electron chi connectivity index (χ0n) is 10.8. The molecule has 1 rings (SSSR count). The van der Waals surface area contributed by atoms with Crippen LogP contribution >= 0.6 is 12.2 Å². The number of nitrogens with two attached hydrogens (primary N) is 1. The summed E-state index contributed by atoms with van der Waals surface area (Å²) >= 11 is 4.87. The molecule has 5 nitrogen and oxygen atoms in total. The molecule has 0 atom stereocenters. The number of amides is 1. The van der Waals surface area contributed by atoms with Crippen molar-refractivity contribution in [1.29, 1.82) is 0 Å². The van der Waals surface area contributed by atoms with Gasteiger partial charge in [0.25, 0.3) is 0 Å². The van der Waals surface area contributed by atoms with Crippen LogP contribution in [0.25, 0.3) is 0 Å². The van der Waals surface area contributed by atoms with Crippen molar-refractivity contribution in [2.24, 2.45) is 5.73 Å². The smallest absolute Gasteiger partial charge is 0.250 e. The first-order valence-electron chi connectivity index (χ1n) is 5.90. The molecule has 0 radical (unpaired) electrons. The van der Waals surface area contributed by atoms with Gasteiger partial charge in [0.15, 0.2) is 0 Å². The Labute approximate surface area is 118 Å². The number of thiocarbonyl (C=S) groups is 1. The van der Waals surface area contributed by atoms with Gasteiger partial charge in [-0.3, -0.25) is 4.79 Å². The SMILES string of the molecule is COCCCOCC(=O)Nc1cccc(C(N)=S)c1. The van der Waals surface area contributed by atoms with Crippen LogP contribution in [0.3, 0.4) is 0 Å². The minimum atomic E-state index is -0.211. The molecule has 0 saturated carbocycles. The molecule has 19 heavy (non-hydrogen) atoms. The number of nitrogens with one attached hydrogen (secondary N) is 1. The minimum absolute atomic E-state index is 0.0149. The van der Waals surface area contributed by atoms with Gasteiger partial charge in [0.2, 0.25) is 5.91 Å². The Kier molecular flexibility index (Phi) is 7.02. The molecule has 6 heteroatoms. The number of methoxy groups -OCH3 is 1. The zero-order chi connectivity index (χ0) is 14.1. The van der Waals surface area contributed by atoms with Crippen molar-refractivity contribution in [3.8, 4) is 0 Å². The first-order valence-corrected chi connectivity index (χ1v) is 6.30. The van der Waals surface area contributed by atoms with E-state index in [2.05, 4.69) is 5.32 Å². The van der Waals surface area contributed by atoms with Gasteiger partial charge in [-0.1, -0.05) is 24.4 Å². The van der Waals surface area contributed by atoms with Gasteiger partial charge in [-0.05, 0) is 18.6 Å². The number of carbonyl (C=O) groups excluding carboxylic acids is 1. The summed E-state index contributed by atoms with van der Waals surface area (Å²) < 4.78 is 10.1. The summed E-state index contributed by atoms with van der Waals surface area (Å²) in [6, 6.07) is 7.07. The molecule has 0 aliphatic carbocycles. The molecule has 0 aromatic heterocycles. The second kappa shape index (κ2) is 8.58. The molecule has 0 spiro atoms. The molecule has 0 saturated heterocycles. The largest absolute Gasteiger partial charge is 0.389 e. The van der Waals surface area contributed by atoms with Crippen molar-refractivity contribution in [3.05, 3.63) is 29.8 Å². The highest BCUT2D eigenvalue weighted by Gasteiger charge is 2.04. The molecular weight excluding hydrogens is 264 g/mol. The molecule has 1 aromatic rings. The van der Waals surface area contributed by atoms with E-state index in [0.717, 1.165) is 6.42 Å². The summed E-state index contributed by atoms with van der Waals surface area (Å²) in [6.45, 7) is 1.13. The Hall–Kier alpha value is -1.50. The Morgan fingerprint density at radius 2 is 2.21 bits per heavy atom. The number of benzene rings is 1. The van der Waals surface area contributed by atoms with Crippen molar-refractivity contribution in [1.82, 2.24) is 0 Å². The number of ether oxygens (including phenoxy) is 2. The van der Waals surface area contributed by atoms with Crippen LogP contribution < -0.4 is 11.1 Å². The Morgan fingerprint density at radius 1 is 1.42 bits per heavy atom. The second-order valence-corrected chi connectivity index (χ2v) is 4.33. The molecule has 3 N–H and O–H groups in total. The normalized spacial score (nSPS) is 10.2. The van der Waals surface area contributed by atoms with E-state index in [1.807, 2.05) is 0 Å². The molecule has 104 valence electrons. The third kappa shape index (κ3) is 6.28. The number of carbonyl (C=O) groups is 1. The van der Waals surface area contributed by atoms with Crippen molar-refractivity contribution < 1.29 is 14.3 Å². The average molecular weight is 282 g/mol. The van der Waals surface area contributed by atoms with E-state index in [9.17, 15) is 4.79 Å². The lowest BCUT2D eigenvalue weighted by molar-refractivity contribution is -0.120. The van der Waals surface area contributed by atoms with Gasteiger partial charge in [-0.25, -0.2) is 0 Å². The predicted octanol–water partition coefficient (Wildman–Crippen LogP) is 1.31. The van der Waals surface area contributed by atoms with Crippen LogP contribution in [0.4, 0.5) is 5.69 Å². The lowest BCUT2D eigenvalue weighted by Gasteiger charge is -2.07. The summed E-state index contributed by atoms with van der Waals surface area (Å²) in [5.74, 6) is -0.211. The fourth-order valence-electron chi connectivity index (χ4n) is 1.42. The van der Waals surface area contributed by atoms with Crippen LogP contribution in [0.15, 0.2) is 24.3 Å². The van der Waals surface area contributed by atoms with Crippen molar-refractivity contribution in [3.63, 3.8) is 0 Å². The van der Waals surface area contributed by atoms with Crippen LogP contribution in [0, 0.1) is 0 Å². The van der Waals surface area contributed by atoms with Gasteiger partial charge >= 0.3 is 0 Å². The zero-order valence-corrected chi connectivity index (χ0v) is 11.7. The number of rotatable bonds is 8. The third-order valence-electron chi connectivity index (χ3n) is 2.30. The van der Waals surface area contributed by atoms with Crippen molar-refractivity contribution in [2.45, 2.75) is 6.42 Å². The molecule has 0 bridgehead atoms. The summed E-state index contributed by atoms with van der Waals surface area (Å²) in [4.78, 5) is 11.9. The first-order chi connectivity index (χ1) is 9.13. The van der Waals surface area contributed by atoms with Crippen LogP contribution in [-0.2, 0) is 14.3 Å². The lowest BCUT2D eigenvalue weighted by Crippen LogP contribution is -2.19. The molecule has 0 unspecified atom stereocenters. The van der Waals surface area contributed by atoms with E-state index in [1.165, 1.54) is 0 Å². The molecule has 1 aromatic carbocycles. The van der Waals surface area contributed by atoms with Gasteiger partial charge in [-0.15, -0.1) is 0 Å². The Morgan fingerprint density at radius 3 is 2.89 bits per heavy atom. The molecule has 0 aliphatic heterocycles. The fourth-order valence-corrected chi connectivity index (χ4v) is 1.54. The van der Waals surface area contributed by atoms with E-state index in [1.54, 1.807) is 31.4 Å². The molecule has 0 heterocycles. The second-order valence-electron chi connectivity index (χ2n) is 3.89. The van der Waals surface area contributed by atoms with Crippen LogP contribution in [-0.4, -0.2) is 37.8 Å². The van der Waals surface area contributed by atoms with Gasteiger partial charge in [0.1, 0.15) is 11.6 Å². The van der Waals surface area contributed by atoms with Gasteiger partial charge < -0.3 is 20.5 Å². The Balaban J connectivity index is 2.35. The lowest BCUT2D eigenvalue weighted by atomic mass is 10.2.